The topological polar surface area (TPSA) is 96.2 Å². The molecule has 138 valence electrons. The Kier molecular flexibility index (Phi) is 11.5. The van der Waals surface area contributed by atoms with Gasteiger partial charge in [-0.1, -0.05) is 19.8 Å². The summed E-state index contributed by atoms with van der Waals surface area (Å²) >= 11 is 1.71. The van der Waals surface area contributed by atoms with Crippen LogP contribution in [0.15, 0.2) is 0 Å². The van der Waals surface area contributed by atoms with Crippen LogP contribution in [0.1, 0.15) is 51.9 Å². The highest BCUT2D eigenvalue weighted by Crippen LogP contribution is 2.31. The molecule has 7 heteroatoms. The van der Waals surface area contributed by atoms with Crippen molar-refractivity contribution in [1.29, 1.82) is 0 Å². The highest BCUT2D eigenvalue weighted by Gasteiger charge is 2.39. The van der Waals surface area contributed by atoms with Crippen molar-refractivity contribution in [3.63, 3.8) is 0 Å². The van der Waals surface area contributed by atoms with Crippen molar-refractivity contribution in [2.75, 3.05) is 25.4 Å². The lowest BCUT2D eigenvalue weighted by Gasteiger charge is -2.26. The van der Waals surface area contributed by atoms with E-state index >= 15 is 0 Å². The minimum absolute atomic E-state index is 0.0570. The van der Waals surface area contributed by atoms with Crippen molar-refractivity contribution >= 4 is 11.8 Å². The fourth-order valence-corrected chi connectivity index (χ4v) is 3.97. The number of aliphatic hydroxyl groups excluding tert-OH is 4. The summed E-state index contributed by atoms with van der Waals surface area (Å²) in [6.45, 7) is 3.57. The molecule has 1 aliphatic rings. The molecule has 0 aromatic rings. The molecule has 0 aromatic heterocycles. The normalized spacial score (nSPS) is 26.7. The van der Waals surface area contributed by atoms with E-state index in [4.69, 9.17) is 5.11 Å². The second kappa shape index (κ2) is 12.5. The maximum atomic E-state index is 10.3. The zero-order valence-corrected chi connectivity index (χ0v) is 15.0. The van der Waals surface area contributed by atoms with Crippen LogP contribution in [0.2, 0.25) is 0 Å². The summed E-state index contributed by atoms with van der Waals surface area (Å²) in [5, 5.41) is 42.1. The Hall–Kier alpha value is 0.110. The van der Waals surface area contributed by atoms with E-state index < -0.39 is 18.7 Å². The molecule has 1 rings (SSSR count). The molecule has 0 aromatic carbocycles. The Labute approximate surface area is 144 Å². The molecule has 1 heterocycles. The highest BCUT2D eigenvalue weighted by atomic mass is 32.2. The van der Waals surface area contributed by atoms with E-state index in [9.17, 15) is 15.3 Å². The van der Waals surface area contributed by atoms with Crippen LogP contribution >= 0.6 is 11.8 Å². The first-order valence-electron chi connectivity index (χ1n) is 8.86. The van der Waals surface area contributed by atoms with Gasteiger partial charge in [0.2, 0.25) is 0 Å². The highest BCUT2D eigenvalue weighted by molar-refractivity contribution is 7.99. The Morgan fingerprint density at radius 3 is 2.65 bits per heavy atom. The maximum Gasteiger partial charge on any atom is 0.121 e. The molecule has 0 saturated carbocycles. The van der Waals surface area contributed by atoms with Gasteiger partial charge in [0.1, 0.15) is 18.7 Å². The Balaban J connectivity index is 2.15. The van der Waals surface area contributed by atoms with Gasteiger partial charge in [-0.05, 0) is 38.0 Å². The van der Waals surface area contributed by atoms with Gasteiger partial charge < -0.3 is 20.4 Å². The molecule has 4 atom stereocenters. The molecular weight excluding hydrogens is 316 g/mol. The van der Waals surface area contributed by atoms with Gasteiger partial charge in [0, 0.05) is 24.8 Å². The van der Waals surface area contributed by atoms with E-state index in [1.54, 1.807) is 16.7 Å². The van der Waals surface area contributed by atoms with Gasteiger partial charge in [-0.15, -0.1) is 0 Å². The van der Waals surface area contributed by atoms with Gasteiger partial charge in [0.25, 0.3) is 0 Å². The number of hydrogen-bond donors (Lipinski definition) is 5. The largest absolute Gasteiger partial charge is 0.396 e. The molecule has 0 aliphatic carbocycles. The van der Waals surface area contributed by atoms with E-state index in [0.717, 1.165) is 44.4 Å². The lowest BCUT2D eigenvalue weighted by atomic mass is 10.2. The summed E-state index contributed by atoms with van der Waals surface area (Å²) in [7, 11) is 0. The first-order chi connectivity index (χ1) is 11.1. The zero-order valence-electron chi connectivity index (χ0n) is 14.2. The minimum atomic E-state index is -0.632. The molecule has 0 spiro atoms. The number of nitrogens with zero attached hydrogens (tertiary/aromatic N) is 1. The smallest absolute Gasteiger partial charge is 0.121 e. The number of rotatable bonds is 13. The average Bonchev–Trinajstić information content (AvgIpc) is 2.80. The Morgan fingerprint density at radius 1 is 1.22 bits per heavy atom. The first kappa shape index (κ1) is 21.2. The van der Waals surface area contributed by atoms with Crippen LogP contribution in [0.25, 0.3) is 0 Å². The number of unbranched alkanes of at least 4 members (excludes halogenated alkanes) is 3. The van der Waals surface area contributed by atoms with E-state index in [-0.39, 0.29) is 11.9 Å². The molecule has 23 heavy (non-hydrogen) atoms. The molecule has 0 radical (unpaired) electrons. The second-order valence-electron chi connectivity index (χ2n) is 6.17. The molecule has 6 nitrogen and oxygen atoms in total. The van der Waals surface area contributed by atoms with Gasteiger partial charge in [0.05, 0.1) is 0 Å². The number of aliphatic hydroxyl groups is 4. The van der Waals surface area contributed by atoms with Crippen molar-refractivity contribution in [1.82, 2.24) is 10.2 Å². The van der Waals surface area contributed by atoms with Crippen LogP contribution in [-0.2, 0) is 0 Å². The SMILES string of the molecule is CCCSC1CC(O)N(CCC(O)NCCCCCCO)[C@@H]1O. The number of thioether (sulfide) groups is 1. The number of hydrogen-bond acceptors (Lipinski definition) is 7. The maximum absolute atomic E-state index is 10.3. The lowest BCUT2D eigenvalue weighted by Crippen LogP contribution is -2.41. The van der Waals surface area contributed by atoms with Crippen LogP contribution in [0.3, 0.4) is 0 Å². The predicted molar refractivity (Wildman–Crippen MR) is 94.1 cm³/mol. The Bertz CT molecular complexity index is 299. The van der Waals surface area contributed by atoms with Crippen molar-refractivity contribution < 1.29 is 20.4 Å². The van der Waals surface area contributed by atoms with E-state index in [1.165, 1.54) is 0 Å². The number of likely N-dealkylation sites (tertiary alicyclic amines) is 1. The van der Waals surface area contributed by atoms with E-state index in [2.05, 4.69) is 12.2 Å². The third kappa shape index (κ3) is 8.16. The summed E-state index contributed by atoms with van der Waals surface area (Å²) < 4.78 is 0. The van der Waals surface area contributed by atoms with Crippen molar-refractivity contribution in [3.8, 4) is 0 Å². The van der Waals surface area contributed by atoms with E-state index in [1.807, 2.05) is 0 Å². The van der Waals surface area contributed by atoms with E-state index in [0.29, 0.717) is 19.4 Å². The summed E-state index contributed by atoms with van der Waals surface area (Å²) in [6, 6.07) is 0. The lowest BCUT2D eigenvalue weighted by molar-refractivity contribution is -0.0587. The van der Waals surface area contributed by atoms with Gasteiger partial charge >= 0.3 is 0 Å². The Morgan fingerprint density at radius 2 is 1.96 bits per heavy atom. The minimum Gasteiger partial charge on any atom is -0.396 e. The van der Waals surface area contributed by atoms with Crippen LogP contribution in [0.5, 0.6) is 0 Å². The molecule has 1 saturated heterocycles. The molecule has 5 N–H and O–H groups in total. The fraction of sp³-hybridized carbons (Fsp3) is 1.00. The average molecular weight is 351 g/mol. The quantitative estimate of drug-likeness (QED) is 0.246. The van der Waals surface area contributed by atoms with Gasteiger partial charge in [-0.3, -0.25) is 10.2 Å². The van der Waals surface area contributed by atoms with Gasteiger partial charge in [0.15, 0.2) is 0 Å². The predicted octanol–water partition coefficient (Wildman–Crippen LogP) is 0.691. The van der Waals surface area contributed by atoms with Crippen molar-refractivity contribution in [2.24, 2.45) is 0 Å². The van der Waals surface area contributed by atoms with Gasteiger partial charge in [-0.25, -0.2) is 0 Å². The van der Waals surface area contributed by atoms with Crippen LogP contribution in [0.4, 0.5) is 0 Å². The van der Waals surface area contributed by atoms with Crippen LogP contribution in [-0.4, -0.2) is 74.7 Å². The summed E-state index contributed by atoms with van der Waals surface area (Å²) in [4.78, 5) is 1.68. The standard InChI is InChI=1S/C16H34N2O4S/c1-2-11-23-13-12-15(21)18(16(13)22)9-7-14(20)17-8-5-3-4-6-10-19/h13-17,19-22H,2-12H2,1H3/t13?,14?,15?,16-/m1/s1. The van der Waals surface area contributed by atoms with Crippen LogP contribution < -0.4 is 5.32 Å². The zero-order chi connectivity index (χ0) is 17.1. The molecule has 1 fully saturated rings. The monoisotopic (exact) mass is 350 g/mol. The molecular formula is C16H34N2O4S. The third-order valence-electron chi connectivity index (χ3n) is 4.16. The van der Waals surface area contributed by atoms with Crippen molar-refractivity contribution in [2.45, 2.75) is 75.8 Å². The van der Waals surface area contributed by atoms with Crippen molar-refractivity contribution in [3.05, 3.63) is 0 Å². The molecule has 0 amide bonds. The summed E-state index contributed by atoms with van der Waals surface area (Å²) in [5.74, 6) is 0.989. The fourth-order valence-electron chi connectivity index (χ4n) is 2.79. The first-order valence-corrected chi connectivity index (χ1v) is 9.90. The molecule has 3 unspecified atom stereocenters. The second-order valence-corrected chi connectivity index (χ2v) is 7.52. The summed E-state index contributed by atoms with van der Waals surface area (Å²) in [5.41, 5.74) is 0. The van der Waals surface area contributed by atoms with Gasteiger partial charge in [-0.2, -0.15) is 11.8 Å². The molecule has 1 aliphatic heterocycles. The third-order valence-corrected chi connectivity index (χ3v) is 5.67. The molecule has 0 bridgehead atoms. The summed E-state index contributed by atoms with van der Waals surface area (Å²) in [6.07, 6.45) is 4.12. The number of nitrogens with one attached hydrogen (secondary N) is 1. The van der Waals surface area contributed by atoms with Crippen LogP contribution in [0, 0.1) is 0 Å².